The van der Waals surface area contributed by atoms with Gasteiger partial charge in [-0.25, -0.2) is 18.3 Å². The summed E-state index contributed by atoms with van der Waals surface area (Å²) in [6.45, 7) is 1.77. The Balaban J connectivity index is 2.34. The fourth-order valence-electron chi connectivity index (χ4n) is 2.00. The van der Waals surface area contributed by atoms with Gasteiger partial charge < -0.3 is 0 Å². The van der Waals surface area contributed by atoms with Crippen LogP contribution in [0.1, 0.15) is 5.69 Å². The van der Waals surface area contributed by atoms with Crippen molar-refractivity contribution in [2.24, 2.45) is 0 Å². The van der Waals surface area contributed by atoms with E-state index in [1.807, 2.05) is 0 Å². The normalized spacial score (nSPS) is 11.1. The molecule has 0 saturated heterocycles. The third kappa shape index (κ3) is 1.55. The van der Waals surface area contributed by atoms with Crippen LogP contribution >= 0.6 is 0 Å². The van der Waals surface area contributed by atoms with E-state index >= 15 is 0 Å². The number of benzene rings is 1. The first-order valence-corrected chi connectivity index (χ1v) is 5.42. The molecule has 0 aliphatic heterocycles. The Labute approximate surface area is 102 Å². The molecule has 18 heavy (non-hydrogen) atoms. The Hall–Kier alpha value is -2.30. The van der Waals surface area contributed by atoms with Crippen molar-refractivity contribution in [3.8, 4) is 11.1 Å². The van der Waals surface area contributed by atoms with Gasteiger partial charge in [-0.2, -0.15) is 5.10 Å². The molecule has 0 spiro atoms. The number of fused-ring (bicyclic) bond motifs is 1. The van der Waals surface area contributed by atoms with Crippen molar-refractivity contribution in [3.05, 3.63) is 54.0 Å². The van der Waals surface area contributed by atoms with E-state index in [1.54, 1.807) is 29.9 Å². The molecule has 3 rings (SSSR count). The molecule has 90 valence electrons. The van der Waals surface area contributed by atoms with Gasteiger partial charge in [-0.3, -0.25) is 0 Å². The first-order chi connectivity index (χ1) is 8.66. The number of hydrogen-bond acceptors (Lipinski definition) is 2. The van der Waals surface area contributed by atoms with Crippen molar-refractivity contribution in [1.82, 2.24) is 14.6 Å². The van der Waals surface area contributed by atoms with Gasteiger partial charge in [0.15, 0.2) is 5.65 Å². The Morgan fingerprint density at radius 3 is 2.83 bits per heavy atom. The minimum absolute atomic E-state index is 0.308. The summed E-state index contributed by atoms with van der Waals surface area (Å²) in [5.41, 5.74) is 2.11. The maximum absolute atomic E-state index is 13.8. The standard InChI is InChI=1S/C13H9F2N3/c1-8-12(10-4-3-9(14)7-11(10)15)13-16-5-2-6-18(13)17-8/h2-7H,1H3. The molecular weight excluding hydrogens is 236 g/mol. The highest BCUT2D eigenvalue weighted by Crippen LogP contribution is 2.29. The molecule has 0 unspecified atom stereocenters. The van der Waals surface area contributed by atoms with Crippen molar-refractivity contribution < 1.29 is 8.78 Å². The fraction of sp³-hybridized carbons (Fsp3) is 0.0769. The van der Waals surface area contributed by atoms with Crippen LogP contribution < -0.4 is 0 Å². The number of aromatic nitrogens is 3. The van der Waals surface area contributed by atoms with Crippen LogP contribution in [0.5, 0.6) is 0 Å². The van der Waals surface area contributed by atoms with Crippen LogP contribution in [0.3, 0.4) is 0 Å². The summed E-state index contributed by atoms with van der Waals surface area (Å²) in [5, 5.41) is 4.25. The van der Waals surface area contributed by atoms with Gasteiger partial charge in [-0.05, 0) is 25.1 Å². The Bertz CT molecular complexity index is 734. The molecule has 0 amide bonds. The van der Waals surface area contributed by atoms with E-state index in [0.717, 1.165) is 6.07 Å². The molecule has 1 aromatic carbocycles. The lowest BCUT2D eigenvalue weighted by Gasteiger charge is -2.02. The monoisotopic (exact) mass is 245 g/mol. The molecule has 5 heteroatoms. The molecule has 3 aromatic rings. The van der Waals surface area contributed by atoms with Crippen LogP contribution in [0.25, 0.3) is 16.8 Å². The third-order valence-electron chi connectivity index (χ3n) is 2.77. The summed E-state index contributed by atoms with van der Waals surface area (Å²) >= 11 is 0. The van der Waals surface area contributed by atoms with Crippen molar-refractivity contribution >= 4 is 5.65 Å². The summed E-state index contributed by atoms with van der Waals surface area (Å²) in [6.07, 6.45) is 3.35. The van der Waals surface area contributed by atoms with E-state index < -0.39 is 11.6 Å². The smallest absolute Gasteiger partial charge is 0.163 e. The predicted octanol–water partition coefficient (Wildman–Crippen LogP) is 2.98. The van der Waals surface area contributed by atoms with E-state index in [2.05, 4.69) is 10.1 Å². The van der Waals surface area contributed by atoms with Crippen molar-refractivity contribution in [3.63, 3.8) is 0 Å². The van der Waals surface area contributed by atoms with E-state index in [0.29, 0.717) is 22.5 Å². The number of hydrogen-bond donors (Lipinski definition) is 0. The second-order valence-corrected chi connectivity index (χ2v) is 3.97. The minimum atomic E-state index is -0.612. The molecule has 0 fully saturated rings. The second-order valence-electron chi connectivity index (χ2n) is 3.97. The first-order valence-electron chi connectivity index (χ1n) is 5.42. The lowest BCUT2D eigenvalue weighted by atomic mass is 10.1. The van der Waals surface area contributed by atoms with Gasteiger partial charge in [0.1, 0.15) is 11.6 Å². The van der Waals surface area contributed by atoms with Gasteiger partial charge in [0.25, 0.3) is 0 Å². The van der Waals surface area contributed by atoms with Crippen molar-refractivity contribution in [2.45, 2.75) is 6.92 Å². The maximum Gasteiger partial charge on any atom is 0.163 e. The number of rotatable bonds is 1. The molecule has 2 aromatic heterocycles. The number of halogens is 2. The van der Waals surface area contributed by atoms with Crippen LogP contribution in [0.2, 0.25) is 0 Å². The Kier molecular flexibility index (Phi) is 2.33. The van der Waals surface area contributed by atoms with Crippen LogP contribution in [0.15, 0.2) is 36.7 Å². The summed E-state index contributed by atoms with van der Waals surface area (Å²) in [4.78, 5) is 4.18. The molecule has 3 nitrogen and oxygen atoms in total. The lowest BCUT2D eigenvalue weighted by Crippen LogP contribution is -1.90. The van der Waals surface area contributed by atoms with Gasteiger partial charge in [-0.15, -0.1) is 0 Å². The summed E-state index contributed by atoms with van der Waals surface area (Å²) < 4.78 is 28.3. The SMILES string of the molecule is Cc1nn2cccnc2c1-c1ccc(F)cc1F. The molecule has 0 saturated carbocycles. The van der Waals surface area contributed by atoms with E-state index in [1.165, 1.54) is 12.1 Å². The average molecular weight is 245 g/mol. The minimum Gasteiger partial charge on any atom is -0.236 e. The van der Waals surface area contributed by atoms with Gasteiger partial charge in [0, 0.05) is 24.0 Å². The van der Waals surface area contributed by atoms with Crippen LogP contribution in [0, 0.1) is 18.6 Å². The lowest BCUT2D eigenvalue weighted by molar-refractivity contribution is 0.585. The van der Waals surface area contributed by atoms with Crippen molar-refractivity contribution in [2.75, 3.05) is 0 Å². The molecule has 0 N–H and O–H groups in total. The summed E-state index contributed by atoms with van der Waals surface area (Å²) in [7, 11) is 0. The highest BCUT2D eigenvalue weighted by molar-refractivity contribution is 5.79. The van der Waals surface area contributed by atoms with E-state index in [9.17, 15) is 8.78 Å². The quantitative estimate of drug-likeness (QED) is 0.659. The maximum atomic E-state index is 13.8. The fourth-order valence-corrected chi connectivity index (χ4v) is 2.00. The largest absolute Gasteiger partial charge is 0.236 e. The van der Waals surface area contributed by atoms with Gasteiger partial charge >= 0.3 is 0 Å². The zero-order chi connectivity index (χ0) is 12.7. The van der Waals surface area contributed by atoms with Gasteiger partial charge in [-0.1, -0.05) is 0 Å². The molecular formula is C13H9F2N3. The average Bonchev–Trinajstić information content (AvgIpc) is 2.66. The third-order valence-corrected chi connectivity index (χ3v) is 2.77. The highest BCUT2D eigenvalue weighted by atomic mass is 19.1. The van der Waals surface area contributed by atoms with Crippen LogP contribution in [-0.4, -0.2) is 14.6 Å². The molecule has 0 bridgehead atoms. The highest BCUT2D eigenvalue weighted by Gasteiger charge is 2.16. The topological polar surface area (TPSA) is 30.2 Å². The first kappa shape index (κ1) is 10.8. The second kappa shape index (κ2) is 3.87. The predicted molar refractivity (Wildman–Crippen MR) is 63.1 cm³/mol. The van der Waals surface area contributed by atoms with E-state index in [-0.39, 0.29) is 0 Å². The summed E-state index contributed by atoms with van der Waals surface area (Å²) in [5.74, 6) is -1.21. The van der Waals surface area contributed by atoms with Crippen molar-refractivity contribution in [1.29, 1.82) is 0 Å². The molecule has 0 atom stereocenters. The zero-order valence-corrected chi connectivity index (χ0v) is 9.56. The van der Waals surface area contributed by atoms with Gasteiger partial charge in [0.2, 0.25) is 0 Å². The van der Waals surface area contributed by atoms with Crippen LogP contribution in [-0.2, 0) is 0 Å². The summed E-state index contributed by atoms with van der Waals surface area (Å²) in [6, 6.07) is 5.24. The van der Waals surface area contributed by atoms with Crippen LogP contribution in [0.4, 0.5) is 8.78 Å². The number of aryl methyl sites for hydroxylation is 1. The van der Waals surface area contributed by atoms with Gasteiger partial charge in [0.05, 0.1) is 11.3 Å². The Morgan fingerprint density at radius 2 is 2.06 bits per heavy atom. The zero-order valence-electron chi connectivity index (χ0n) is 9.56. The molecule has 0 aliphatic carbocycles. The number of nitrogens with zero attached hydrogens (tertiary/aromatic N) is 3. The molecule has 2 heterocycles. The van der Waals surface area contributed by atoms with E-state index in [4.69, 9.17) is 0 Å². The Morgan fingerprint density at radius 1 is 1.22 bits per heavy atom. The molecule has 0 aliphatic rings. The molecule has 0 radical (unpaired) electrons.